The second kappa shape index (κ2) is 4.65. The molecule has 0 unspecified atom stereocenters. The topological polar surface area (TPSA) is 49.8 Å². The minimum absolute atomic E-state index is 0.369. The quantitative estimate of drug-likeness (QED) is 0.794. The van der Waals surface area contributed by atoms with Gasteiger partial charge in [-0.05, 0) is 35.9 Å². The first-order valence-corrected chi connectivity index (χ1v) is 5.39. The van der Waals surface area contributed by atoms with Gasteiger partial charge in [-0.2, -0.15) is 18.4 Å². The summed E-state index contributed by atoms with van der Waals surface area (Å²) in [7, 11) is 0. The first-order valence-electron chi connectivity index (χ1n) is 5.39. The fourth-order valence-electron chi connectivity index (χ4n) is 1.74. The van der Waals surface area contributed by atoms with Crippen LogP contribution in [0.15, 0.2) is 42.5 Å². The molecule has 0 aliphatic heterocycles. The zero-order valence-corrected chi connectivity index (χ0v) is 9.70. The molecule has 0 bridgehead atoms. The monoisotopic (exact) mass is 262 g/mol. The minimum atomic E-state index is -4.37. The first-order chi connectivity index (χ1) is 8.91. The number of hydrogen-bond donors (Lipinski definition) is 1. The molecule has 0 atom stereocenters. The molecule has 0 aromatic heterocycles. The SMILES string of the molecule is N#Cc1ccc(N)cc1-c1ccc(C(F)(F)F)cc1. The number of nitrogens with zero attached hydrogens (tertiary/aromatic N) is 1. The van der Waals surface area contributed by atoms with Gasteiger partial charge < -0.3 is 5.73 Å². The van der Waals surface area contributed by atoms with E-state index in [1.807, 2.05) is 6.07 Å². The molecule has 19 heavy (non-hydrogen) atoms. The van der Waals surface area contributed by atoms with Crippen LogP contribution in [0.2, 0.25) is 0 Å². The van der Waals surface area contributed by atoms with Crippen molar-refractivity contribution in [1.29, 1.82) is 5.26 Å². The molecule has 2 rings (SSSR count). The van der Waals surface area contributed by atoms with Crippen molar-refractivity contribution in [2.75, 3.05) is 5.73 Å². The highest BCUT2D eigenvalue weighted by Gasteiger charge is 2.30. The maximum Gasteiger partial charge on any atom is 0.416 e. The Hall–Kier alpha value is -2.48. The Balaban J connectivity index is 2.49. The number of halogens is 3. The Morgan fingerprint density at radius 2 is 1.63 bits per heavy atom. The molecule has 0 saturated heterocycles. The van der Waals surface area contributed by atoms with Crippen LogP contribution in [-0.2, 0) is 6.18 Å². The maximum absolute atomic E-state index is 12.5. The van der Waals surface area contributed by atoms with Crippen molar-refractivity contribution in [2.24, 2.45) is 0 Å². The molecule has 0 aliphatic carbocycles. The van der Waals surface area contributed by atoms with E-state index < -0.39 is 11.7 Å². The highest BCUT2D eigenvalue weighted by atomic mass is 19.4. The van der Waals surface area contributed by atoms with Crippen molar-refractivity contribution in [3.05, 3.63) is 53.6 Å². The van der Waals surface area contributed by atoms with Gasteiger partial charge >= 0.3 is 6.18 Å². The van der Waals surface area contributed by atoms with E-state index in [0.29, 0.717) is 22.4 Å². The number of nitrogen functional groups attached to an aromatic ring is 1. The van der Waals surface area contributed by atoms with E-state index in [9.17, 15) is 13.2 Å². The summed E-state index contributed by atoms with van der Waals surface area (Å²) < 4.78 is 37.4. The van der Waals surface area contributed by atoms with Gasteiger partial charge in [0.1, 0.15) is 0 Å². The van der Waals surface area contributed by atoms with Crippen LogP contribution in [0.4, 0.5) is 18.9 Å². The van der Waals surface area contributed by atoms with E-state index in [2.05, 4.69) is 0 Å². The second-order valence-corrected chi connectivity index (χ2v) is 3.99. The molecular formula is C14H9F3N2. The van der Waals surface area contributed by atoms with E-state index >= 15 is 0 Å². The van der Waals surface area contributed by atoms with Gasteiger partial charge in [-0.1, -0.05) is 12.1 Å². The lowest BCUT2D eigenvalue weighted by Gasteiger charge is -2.09. The van der Waals surface area contributed by atoms with E-state index in [-0.39, 0.29) is 0 Å². The van der Waals surface area contributed by atoms with Crippen LogP contribution in [0.3, 0.4) is 0 Å². The minimum Gasteiger partial charge on any atom is -0.399 e. The fourth-order valence-corrected chi connectivity index (χ4v) is 1.74. The number of anilines is 1. The van der Waals surface area contributed by atoms with Gasteiger partial charge in [0.25, 0.3) is 0 Å². The molecule has 2 N–H and O–H groups in total. The molecule has 0 amide bonds. The van der Waals surface area contributed by atoms with Crippen LogP contribution in [0.1, 0.15) is 11.1 Å². The summed E-state index contributed by atoms with van der Waals surface area (Å²) in [4.78, 5) is 0. The van der Waals surface area contributed by atoms with E-state index in [0.717, 1.165) is 12.1 Å². The summed E-state index contributed by atoms with van der Waals surface area (Å²) in [5.41, 5.74) is 6.78. The third kappa shape index (κ3) is 2.68. The Morgan fingerprint density at radius 3 is 2.16 bits per heavy atom. The summed E-state index contributed by atoms with van der Waals surface area (Å²) in [6.45, 7) is 0. The molecule has 2 nitrogen and oxygen atoms in total. The van der Waals surface area contributed by atoms with Crippen LogP contribution in [0, 0.1) is 11.3 Å². The van der Waals surface area contributed by atoms with Gasteiger partial charge in [-0.15, -0.1) is 0 Å². The Bertz CT molecular complexity index is 637. The average molecular weight is 262 g/mol. The molecule has 0 radical (unpaired) electrons. The van der Waals surface area contributed by atoms with Crippen LogP contribution < -0.4 is 5.73 Å². The summed E-state index contributed by atoms with van der Waals surface area (Å²) in [6, 6.07) is 11.3. The number of nitriles is 1. The van der Waals surface area contributed by atoms with Gasteiger partial charge in [-0.25, -0.2) is 0 Å². The van der Waals surface area contributed by atoms with E-state index in [4.69, 9.17) is 11.0 Å². The van der Waals surface area contributed by atoms with Gasteiger partial charge in [0.05, 0.1) is 17.2 Å². The third-order valence-corrected chi connectivity index (χ3v) is 2.69. The predicted octanol–water partition coefficient (Wildman–Crippen LogP) is 3.83. The lowest BCUT2D eigenvalue weighted by atomic mass is 9.98. The normalized spacial score (nSPS) is 11.1. The average Bonchev–Trinajstić information content (AvgIpc) is 2.38. The van der Waals surface area contributed by atoms with Crippen molar-refractivity contribution in [2.45, 2.75) is 6.18 Å². The summed E-state index contributed by atoms with van der Waals surface area (Å²) in [6.07, 6.45) is -4.37. The van der Waals surface area contributed by atoms with Crippen molar-refractivity contribution < 1.29 is 13.2 Å². The van der Waals surface area contributed by atoms with Crippen molar-refractivity contribution >= 4 is 5.69 Å². The lowest BCUT2D eigenvalue weighted by molar-refractivity contribution is -0.137. The largest absolute Gasteiger partial charge is 0.416 e. The number of alkyl halides is 3. The molecule has 0 aliphatic rings. The molecule has 2 aromatic rings. The second-order valence-electron chi connectivity index (χ2n) is 3.99. The van der Waals surface area contributed by atoms with Gasteiger partial charge in [-0.3, -0.25) is 0 Å². The molecule has 5 heteroatoms. The first kappa shape index (κ1) is 13.0. The Morgan fingerprint density at radius 1 is 1.00 bits per heavy atom. The lowest BCUT2D eigenvalue weighted by Crippen LogP contribution is -2.04. The fraction of sp³-hybridized carbons (Fsp3) is 0.0714. The van der Waals surface area contributed by atoms with Crippen LogP contribution in [0.25, 0.3) is 11.1 Å². The van der Waals surface area contributed by atoms with Crippen molar-refractivity contribution in [3.8, 4) is 17.2 Å². The molecule has 0 saturated carbocycles. The van der Waals surface area contributed by atoms with E-state index in [1.165, 1.54) is 12.1 Å². The number of hydrogen-bond acceptors (Lipinski definition) is 2. The highest BCUT2D eigenvalue weighted by molar-refractivity contribution is 5.73. The molecule has 2 aromatic carbocycles. The van der Waals surface area contributed by atoms with Gasteiger partial charge in [0, 0.05) is 11.3 Å². The van der Waals surface area contributed by atoms with Crippen molar-refractivity contribution in [3.63, 3.8) is 0 Å². The predicted molar refractivity (Wildman–Crippen MR) is 66.0 cm³/mol. The third-order valence-electron chi connectivity index (χ3n) is 2.69. The summed E-state index contributed by atoms with van der Waals surface area (Å²) >= 11 is 0. The number of rotatable bonds is 1. The smallest absolute Gasteiger partial charge is 0.399 e. The number of benzene rings is 2. The highest BCUT2D eigenvalue weighted by Crippen LogP contribution is 2.32. The van der Waals surface area contributed by atoms with E-state index in [1.54, 1.807) is 18.2 Å². The molecule has 0 heterocycles. The molecule has 0 spiro atoms. The standard InChI is InChI=1S/C14H9F3N2/c15-14(16,17)11-4-1-9(2-5-11)13-7-12(19)6-3-10(13)8-18/h1-7H,19H2. The molecule has 96 valence electrons. The van der Waals surface area contributed by atoms with Crippen molar-refractivity contribution in [1.82, 2.24) is 0 Å². The van der Waals surface area contributed by atoms with Crippen LogP contribution in [-0.4, -0.2) is 0 Å². The molecular weight excluding hydrogens is 253 g/mol. The zero-order valence-electron chi connectivity index (χ0n) is 9.70. The summed E-state index contributed by atoms with van der Waals surface area (Å²) in [5.74, 6) is 0. The van der Waals surface area contributed by atoms with Gasteiger partial charge in [0.2, 0.25) is 0 Å². The zero-order chi connectivity index (χ0) is 14.0. The Labute approximate surface area is 107 Å². The number of nitrogens with two attached hydrogens (primary N) is 1. The van der Waals surface area contributed by atoms with Gasteiger partial charge in [0.15, 0.2) is 0 Å². The molecule has 0 fully saturated rings. The Kier molecular flexibility index (Phi) is 3.17. The summed E-state index contributed by atoms with van der Waals surface area (Å²) in [5, 5.41) is 8.98. The van der Waals surface area contributed by atoms with Crippen LogP contribution in [0.5, 0.6) is 0 Å². The van der Waals surface area contributed by atoms with Crippen LogP contribution >= 0.6 is 0 Å². The maximum atomic E-state index is 12.5.